The quantitative estimate of drug-likeness (QED) is 0.440. The predicted octanol–water partition coefficient (Wildman–Crippen LogP) is 4.92. The first-order valence-electron chi connectivity index (χ1n) is 11.3. The van der Waals surface area contributed by atoms with Gasteiger partial charge in [-0.3, -0.25) is 19.3 Å². The Labute approximate surface area is 208 Å². The molecule has 35 heavy (non-hydrogen) atoms. The van der Waals surface area contributed by atoms with E-state index < -0.39 is 23.7 Å². The van der Waals surface area contributed by atoms with E-state index in [2.05, 4.69) is 15.6 Å². The van der Waals surface area contributed by atoms with E-state index in [1.807, 2.05) is 39.8 Å². The van der Waals surface area contributed by atoms with Gasteiger partial charge in [-0.15, -0.1) is 11.3 Å². The molecule has 3 aromatic rings. The number of aryl methyl sites for hydroxylation is 2. The van der Waals surface area contributed by atoms with Crippen LogP contribution in [0.3, 0.4) is 0 Å². The fraction of sp³-hybridized carbons (Fsp3) is 0.308. The van der Waals surface area contributed by atoms with Crippen LogP contribution in [0.15, 0.2) is 54.0 Å². The van der Waals surface area contributed by atoms with E-state index in [0.29, 0.717) is 16.4 Å². The van der Waals surface area contributed by atoms with Crippen LogP contribution < -0.4 is 15.5 Å². The van der Waals surface area contributed by atoms with E-state index in [0.717, 1.165) is 11.1 Å². The van der Waals surface area contributed by atoms with Gasteiger partial charge >= 0.3 is 0 Å². The summed E-state index contributed by atoms with van der Waals surface area (Å²) >= 11 is 1.28. The fourth-order valence-corrected chi connectivity index (χ4v) is 4.09. The summed E-state index contributed by atoms with van der Waals surface area (Å²) in [4.78, 5) is 44.8. The average Bonchev–Trinajstić information content (AvgIpc) is 3.31. The van der Waals surface area contributed by atoms with Crippen LogP contribution >= 0.6 is 11.3 Å². The first-order valence-corrected chi connectivity index (χ1v) is 12.2. The van der Waals surface area contributed by atoms with Crippen molar-refractivity contribution in [3.05, 3.63) is 76.5 Å². The van der Waals surface area contributed by atoms with Crippen molar-refractivity contribution in [1.82, 2.24) is 10.3 Å². The van der Waals surface area contributed by atoms with Crippen molar-refractivity contribution in [2.75, 3.05) is 10.2 Å². The van der Waals surface area contributed by atoms with Crippen molar-refractivity contribution in [3.63, 3.8) is 0 Å². The number of anilines is 2. The zero-order valence-corrected chi connectivity index (χ0v) is 21.0. The first-order chi connectivity index (χ1) is 16.7. The SMILES string of the molecule is Cc1ccc(N(C(=O)CCC(=O)Nc2nccs2)[C@H](C(=O)NC(C)C)c2ccc(F)cc2)cc1C. The summed E-state index contributed by atoms with van der Waals surface area (Å²) in [6.07, 6.45) is 1.37. The van der Waals surface area contributed by atoms with Gasteiger partial charge in [-0.1, -0.05) is 18.2 Å². The number of hydrogen-bond acceptors (Lipinski definition) is 5. The third-order valence-electron chi connectivity index (χ3n) is 5.41. The predicted molar refractivity (Wildman–Crippen MR) is 136 cm³/mol. The second-order valence-corrected chi connectivity index (χ2v) is 9.43. The number of hydrogen-bond donors (Lipinski definition) is 2. The summed E-state index contributed by atoms with van der Waals surface area (Å²) in [5.41, 5.74) is 2.97. The van der Waals surface area contributed by atoms with Crippen molar-refractivity contribution in [2.24, 2.45) is 0 Å². The highest BCUT2D eigenvalue weighted by atomic mass is 32.1. The van der Waals surface area contributed by atoms with Gasteiger partial charge in [0, 0.05) is 36.1 Å². The van der Waals surface area contributed by atoms with Gasteiger partial charge in [-0.2, -0.15) is 0 Å². The Balaban J connectivity index is 1.97. The van der Waals surface area contributed by atoms with Crippen LogP contribution in [-0.2, 0) is 14.4 Å². The second kappa shape index (κ2) is 11.7. The molecule has 0 aliphatic heterocycles. The molecule has 0 unspecified atom stereocenters. The standard InChI is InChI=1S/C26H29FN4O3S/c1-16(2)29-25(34)24(19-6-8-20(27)9-7-19)31(21-10-5-17(3)18(4)15-21)23(33)12-11-22(32)30-26-28-13-14-35-26/h5-10,13-16,24H,11-12H2,1-4H3,(H,29,34)(H,28,30,32)/t24-/m0/s1. The summed E-state index contributed by atoms with van der Waals surface area (Å²) in [7, 11) is 0. The van der Waals surface area contributed by atoms with E-state index >= 15 is 0 Å². The summed E-state index contributed by atoms with van der Waals surface area (Å²) < 4.78 is 13.7. The van der Waals surface area contributed by atoms with Crippen molar-refractivity contribution >= 4 is 39.9 Å². The topological polar surface area (TPSA) is 91.4 Å². The average molecular weight is 497 g/mol. The Morgan fingerprint density at radius 3 is 2.34 bits per heavy atom. The summed E-state index contributed by atoms with van der Waals surface area (Å²) in [6, 6.07) is 9.78. The van der Waals surface area contributed by atoms with Gasteiger partial charge < -0.3 is 10.6 Å². The van der Waals surface area contributed by atoms with Gasteiger partial charge in [0.2, 0.25) is 17.7 Å². The molecule has 1 aromatic heterocycles. The van der Waals surface area contributed by atoms with Crippen LogP contribution in [0.25, 0.3) is 0 Å². The maximum Gasteiger partial charge on any atom is 0.248 e. The van der Waals surface area contributed by atoms with Crippen molar-refractivity contribution < 1.29 is 18.8 Å². The van der Waals surface area contributed by atoms with Gasteiger partial charge in [0.1, 0.15) is 11.9 Å². The van der Waals surface area contributed by atoms with Crippen LogP contribution in [-0.4, -0.2) is 28.7 Å². The third-order valence-corrected chi connectivity index (χ3v) is 6.09. The third kappa shape index (κ3) is 6.95. The minimum absolute atomic E-state index is 0.0817. The van der Waals surface area contributed by atoms with Gasteiger partial charge in [-0.25, -0.2) is 9.37 Å². The number of rotatable bonds is 9. The molecule has 7 nitrogen and oxygen atoms in total. The lowest BCUT2D eigenvalue weighted by atomic mass is 10.0. The van der Waals surface area contributed by atoms with E-state index in [1.165, 1.54) is 40.5 Å². The molecule has 0 saturated carbocycles. The van der Waals surface area contributed by atoms with Gasteiger partial charge in [0.05, 0.1) is 0 Å². The molecule has 0 spiro atoms. The Morgan fingerprint density at radius 1 is 1.03 bits per heavy atom. The number of nitrogens with zero attached hydrogens (tertiary/aromatic N) is 2. The molecular weight excluding hydrogens is 467 g/mol. The minimum atomic E-state index is -1.05. The maximum absolute atomic E-state index is 13.7. The molecule has 0 bridgehead atoms. The van der Waals surface area contributed by atoms with Crippen LogP contribution in [0.2, 0.25) is 0 Å². The van der Waals surface area contributed by atoms with Crippen molar-refractivity contribution in [2.45, 2.75) is 52.6 Å². The number of nitrogens with one attached hydrogen (secondary N) is 2. The number of carbonyl (C=O) groups is 3. The molecule has 0 radical (unpaired) electrons. The van der Waals surface area contributed by atoms with Crippen LogP contribution in [0.1, 0.15) is 49.4 Å². The molecule has 2 aromatic carbocycles. The van der Waals surface area contributed by atoms with E-state index in [1.54, 1.807) is 17.6 Å². The van der Waals surface area contributed by atoms with Crippen LogP contribution in [0, 0.1) is 19.7 Å². The van der Waals surface area contributed by atoms with E-state index in [4.69, 9.17) is 0 Å². The molecule has 3 amide bonds. The zero-order chi connectivity index (χ0) is 25.5. The molecule has 0 aliphatic carbocycles. The summed E-state index contributed by atoms with van der Waals surface area (Å²) in [5, 5.41) is 7.73. The lowest BCUT2D eigenvalue weighted by Crippen LogP contribution is -2.46. The largest absolute Gasteiger partial charge is 0.352 e. The van der Waals surface area contributed by atoms with E-state index in [-0.39, 0.29) is 24.8 Å². The molecule has 3 rings (SSSR count). The summed E-state index contributed by atoms with van der Waals surface area (Å²) in [5.74, 6) is -1.60. The van der Waals surface area contributed by atoms with Crippen LogP contribution in [0.4, 0.5) is 15.2 Å². The van der Waals surface area contributed by atoms with E-state index in [9.17, 15) is 18.8 Å². The highest BCUT2D eigenvalue weighted by Crippen LogP contribution is 2.31. The normalized spacial score (nSPS) is 11.7. The van der Waals surface area contributed by atoms with Gasteiger partial charge in [0.15, 0.2) is 5.13 Å². The molecule has 184 valence electrons. The lowest BCUT2D eigenvalue weighted by molar-refractivity contribution is -0.127. The van der Waals surface area contributed by atoms with Crippen molar-refractivity contribution in [3.8, 4) is 0 Å². The molecule has 0 fully saturated rings. The number of thiazole rings is 1. The fourth-order valence-electron chi connectivity index (χ4n) is 3.55. The van der Waals surface area contributed by atoms with Gasteiger partial charge in [0.25, 0.3) is 0 Å². The molecule has 1 heterocycles. The smallest absolute Gasteiger partial charge is 0.248 e. The van der Waals surface area contributed by atoms with Gasteiger partial charge in [-0.05, 0) is 68.7 Å². The highest BCUT2D eigenvalue weighted by molar-refractivity contribution is 7.13. The Hall–Kier alpha value is -3.59. The molecule has 0 aliphatic rings. The van der Waals surface area contributed by atoms with Crippen molar-refractivity contribution in [1.29, 1.82) is 0 Å². The monoisotopic (exact) mass is 496 g/mol. The number of benzene rings is 2. The van der Waals surface area contributed by atoms with Crippen LogP contribution in [0.5, 0.6) is 0 Å². The minimum Gasteiger partial charge on any atom is -0.352 e. The molecule has 0 saturated heterocycles. The zero-order valence-electron chi connectivity index (χ0n) is 20.2. The Morgan fingerprint density at radius 2 is 1.74 bits per heavy atom. The lowest BCUT2D eigenvalue weighted by Gasteiger charge is -2.32. The number of aromatic nitrogens is 1. The molecule has 2 N–H and O–H groups in total. The maximum atomic E-state index is 13.7. The second-order valence-electron chi connectivity index (χ2n) is 8.54. The first kappa shape index (κ1) is 26.0. The molecule has 9 heteroatoms. The number of halogens is 1. The molecule has 1 atom stereocenters. The number of amides is 3. The number of carbonyl (C=O) groups excluding carboxylic acids is 3. The Bertz CT molecular complexity index is 1180. The highest BCUT2D eigenvalue weighted by Gasteiger charge is 2.33. The summed E-state index contributed by atoms with van der Waals surface area (Å²) in [6.45, 7) is 7.52. The molecular formula is C26H29FN4O3S. The Kier molecular flexibility index (Phi) is 8.70.